The molecule has 0 bridgehead atoms. The molecule has 1 atom stereocenters. The van der Waals surface area contributed by atoms with Gasteiger partial charge < -0.3 is 40.7 Å². The summed E-state index contributed by atoms with van der Waals surface area (Å²) in [5.41, 5.74) is 11.1. The number of carbonyl (C=O) groups is 4. The van der Waals surface area contributed by atoms with Gasteiger partial charge in [0.05, 0.1) is 38.0 Å². The van der Waals surface area contributed by atoms with Crippen LogP contribution in [0.5, 0.6) is 0 Å². The number of nitrogens with zero attached hydrogens (tertiary/aromatic N) is 1. The number of benzene rings is 1. The molecule has 11 nitrogen and oxygen atoms in total. The van der Waals surface area contributed by atoms with Crippen LogP contribution < -0.4 is 16.8 Å². The SMILES string of the molecule is CC.CC.CC.CNC(=O)CCC(C=O)N(C)C(=O)c1ccccc1C=O.NCCCOCCOCCOCCCN. The van der Waals surface area contributed by atoms with E-state index in [9.17, 15) is 19.2 Å². The van der Waals surface area contributed by atoms with Crippen molar-refractivity contribution < 1.29 is 33.4 Å². The number of carbonyl (C=O) groups excluding carboxylic acids is 4. The molecule has 0 radical (unpaired) electrons. The number of amides is 2. The topological polar surface area (TPSA) is 163 Å². The van der Waals surface area contributed by atoms with E-state index in [0.29, 0.717) is 65.3 Å². The lowest BCUT2D eigenvalue weighted by Gasteiger charge is -2.24. The van der Waals surface area contributed by atoms with E-state index in [0.717, 1.165) is 12.8 Å². The van der Waals surface area contributed by atoms with E-state index < -0.39 is 11.9 Å². The highest BCUT2D eigenvalue weighted by atomic mass is 16.5. The summed E-state index contributed by atoms with van der Waals surface area (Å²) < 4.78 is 15.8. The Morgan fingerprint density at radius 2 is 1.29 bits per heavy atom. The Morgan fingerprint density at radius 1 is 0.833 bits per heavy atom. The number of nitrogens with one attached hydrogen (secondary N) is 1. The predicted molar refractivity (Wildman–Crippen MR) is 171 cm³/mol. The van der Waals surface area contributed by atoms with E-state index in [1.165, 1.54) is 31.1 Å². The molecule has 0 saturated carbocycles. The van der Waals surface area contributed by atoms with E-state index in [4.69, 9.17) is 25.7 Å². The minimum absolute atomic E-state index is 0.146. The van der Waals surface area contributed by atoms with Crippen LogP contribution in [0, 0.1) is 0 Å². The van der Waals surface area contributed by atoms with Crippen LogP contribution in [0.15, 0.2) is 24.3 Å². The van der Waals surface area contributed by atoms with Gasteiger partial charge in [-0.1, -0.05) is 59.7 Å². The fourth-order valence-corrected chi connectivity index (χ4v) is 2.80. The molecule has 11 heteroatoms. The zero-order valence-electron chi connectivity index (χ0n) is 27.5. The fourth-order valence-electron chi connectivity index (χ4n) is 2.80. The van der Waals surface area contributed by atoms with Crippen LogP contribution in [0.4, 0.5) is 0 Å². The van der Waals surface area contributed by atoms with Gasteiger partial charge in [-0.3, -0.25) is 14.4 Å². The Bertz CT molecular complexity index is 740. The third kappa shape index (κ3) is 26.2. The van der Waals surface area contributed by atoms with Crippen LogP contribution in [0.25, 0.3) is 0 Å². The van der Waals surface area contributed by atoms with Crippen molar-refractivity contribution in [2.24, 2.45) is 11.5 Å². The molecule has 0 heterocycles. The normalized spacial score (nSPS) is 9.95. The first-order chi connectivity index (χ1) is 20.5. The van der Waals surface area contributed by atoms with Crippen molar-refractivity contribution >= 4 is 24.4 Å². The molecular formula is C31H60N4O7. The Kier molecular flexibility index (Phi) is 42.2. The molecule has 2 amide bonds. The first-order valence-corrected chi connectivity index (χ1v) is 15.1. The number of nitrogens with two attached hydrogens (primary N) is 2. The average molecular weight is 601 g/mol. The smallest absolute Gasteiger partial charge is 0.254 e. The van der Waals surface area contributed by atoms with E-state index in [1.54, 1.807) is 12.1 Å². The summed E-state index contributed by atoms with van der Waals surface area (Å²) in [6, 6.07) is 5.66. The molecule has 0 saturated heterocycles. The Balaban J connectivity index is -0.000000303. The lowest BCUT2D eigenvalue weighted by molar-refractivity contribution is -0.121. The van der Waals surface area contributed by atoms with Crippen molar-refractivity contribution in [3.8, 4) is 0 Å². The molecule has 5 N–H and O–H groups in total. The van der Waals surface area contributed by atoms with Gasteiger partial charge in [0.25, 0.3) is 5.91 Å². The number of hydrogen-bond donors (Lipinski definition) is 3. The third-order valence-electron chi connectivity index (χ3n) is 4.97. The van der Waals surface area contributed by atoms with Crippen molar-refractivity contribution in [2.45, 2.75) is 73.3 Å². The summed E-state index contributed by atoms with van der Waals surface area (Å²) >= 11 is 0. The Morgan fingerprint density at radius 3 is 1.69 bits per heavy atom. The highest BCUT2D eigenvalue weighted by Crippen LogP contribution is 2.13. The largest absolute Gasteiger partial charge is 0.379 e. The summed E-state index contributed by atoms with van der Waals surface area (Å²) in [6.45, 7) is 17.3. The van der Waals surface area contributed by atoms with E-state index in [1.807, 2.05) is 41.5 Å². The average Bonchev–Trinajstić information content (AvgIpc) is 3.06. The molecule has 0 spiro atoms. The first-order valence-electron chi connectivity index (χ1n) is 15.1. The minimum atomic E-state index is -0.713. The lowest BCUT2D eigenvalue weighted by atomic mass is 10.1. The maximum atomic E-state index is 12.3. The molecule has 1 aromatic rings. The highest BCUT2D eigenvalue weighted by Gasteiger charge is 2.22. The van der Waals surface area contributed by atoms with Crippen molar-refractivity contribution in [3.63, 3.8) is 0 Å². The van der Waals surface area contributed by atoms with Crippen LogP contribution in [-0.2, 0) is 23.8 Å². The van der Waals surface area contributed by atoms with E-state index in [-0.39, 0.29) is 29.9 Å². The summed E-state index contributed by atoms with van der Waals surface area (Å²) in [5.74, 6) is -0.623. The van der Waals surface area contributed by atoms with Crippen molar-refractivity contribution in [1.29, 1.82) is 0 Å². The number of rotatable bonds is 19. The summed E-state index contributed by atoms with van der Waals surface area (Å²) in [5, 5.41) is 2.46. The quantitative estimate of drug-likeness (QED) is 0.159. The van der Waals surface area contributed by atoms with Crippen molar-refractivity contribution in [2.75, 3.05) is 66.8 Å². The van der Waals surface area contributed by atoms with Gasteiger partial charge in [-0.2, -0.15) is 0 Å². The number of ether oxygens (including phenoxy) is 3. The van der Waals surface area contributed by atoms with Gasteiger partial charge >= 0.3 is 0 Å². The summed E-state index contributed by atoms with van der Waals surface area (Å²) in [4.78, 5) is 46.9. The van der Waals surface area contributed by atoms with E-state index >= 15 is 0 Å². The van der Waals surface area contributed by atoms with Gasteiger partial charge in [0.1, 0.15) is 6.29 Å². The van der Waals surface area contributed by atoms with Crippen LogP contribution >= 0.6 is 0 Å². The number of hydrogen-bond acceptors (Lipinski definition) is 9. The second-order valence-corrected chi connectivity index (χ2v) is 7.66. The predicted octanol–water partition coefficient (Wildman–Crippen LogP) is 3.48. The number of aldehydes is 2. The summed E-state index contributed by atoms with van der Waals surface area (Å²) in [7, 11) is 2.99. The molecule has 1 aromatic carbocycles. The monoisotopic (exact) mass is 600 g/mol. The molecule has 0 fully saturated rings. The van der Waals surface area contributed by atoms with Gasteiger partial charge in [-0.15, -0.1) is 0 Å². The highest BCUT2D eigenvalue weighted by molar-refractivity contribution is 6.02. The second kappa shape index (κ2) is 38.3. The van der Waals surface area contributed by atoms with Crippen LogP contribution in [-0.4, -0.2) is 102 Å². The molecule has 42 heavy (non-hydrogen) atoms. The number of likely N-dealkylation sites (N-methyl/N-ethyl adjacent to an activating group) is 1. The second-order valence-electron chi connectivity index (χ2n) is 7.66. The van der Waals surface area contributed by atoms with Gasteiger partial charge in [0.2, 0.25) is 5.91 Å². The van der Waals surface area contributed by atoms with Gasteiger partial charge in [-0.25, -0.2) is 0 Å². The molecule has 246 valence electrons. The maximum absolute atomic E-state index is 12.3. The minimum Gasteiger partial charge on any atom is -0.379 e. The van der Waals surface area contributed by atoms with Crippen molar-refractivity contribution in [3.05, 3.63) is 35.4 Å². The molecule has 1 unspecified atom stereocenters. The zero-order valence-corrected chi connectivity index (χ0v) is 27.5. The summed E-state index contributed by atoms with van der Waals surface area (Å²) in [6.07, 6.45) is 3.41. The molecule has 0 aliphatic carbocycles. The van der Waals surface area contributed by atoms with E-state index in [2.05, 4.69) is 5.32 Å². The fraction of sp³-hybridized carbons (Fsp3) is 0.677. The van der Waals surface area contributed by atoms with Crippen molar-refractivity contribution in [1.82, 2.24) is 10.2 Å². The molecule has 0 aromatic heterocycles. The first kappa shape index (κ1) is 46.3. The van der Waals surface area contributed by atoms with Gasteiger partial charge in [0.15, 0.2) is 6.29 Å². The molecular weight excluding hydrogens is 540 g/mol. The Labute approximate surface area is 255 Å². The molecule has 0 aliphatic heterocycles. The lowest BCUT2D eigenvalue weighted by Crippen LogP contribution is -2.39. The van der Waals surface area contributed by atoms with Crippen LogP contribution in [0.2, 0.25) is 0 Å². The van der Waals surface area contributed by atoms with Gasteiger partial charge in [-0.05, 0) is 38.4 Å². The molecule has 0 aliphatic rings. The standard InChI is InChI=1S/C15H18N2O4.C10H24N2O3.3C2H6/c1-16-14(20)8-7-12(10-19)17(2)15(21)13-6-4-3-5-11(13)9-18;11-3-1-5-13-7-9-15-10-8-14-6-2-4-12;3*1-2/h3-6,9-10,12H,7-8H2,1-2H3,(H,16,20);1-12H2;3*1-2H3. The van der Waals surface area contributed by atoms with Gasteiger partial charge in [0, 0.05) is 39.3 Å². The maximum Gasteiger partial charge on any atom is 0.254 e. The molecule has 1 rings (SSSR count). The van der Waals surface area contributed by atoms with Crippen LogP contribution in [0.1, 0.15) is 87.9 Å². The van der Waals surface area contributed by atoms with Crippen LogP contribution in [0.3, 0.4) is 0 Å². The third-order valence-corrected chi connectivity index (χ3v) is 4.97. The zero-order chi connectivity index (χ0) is 33.0. The Hall–Kier alpha value is -2.70.